The Kier molecular flexibility index (Phi) is 5.06. The van der Waals surface area contributed by atoms with Gasteiger partial charge < -0.3 is 10.1 Å². The fourth-order valence-corrected chi connectivity index (χ4v) is 1.81. The molecular weight excluding hydrogens is 254 g/mol. The standard InChI is InChI=1S/C14H21N5O/c1-11(15-2)4-5-12-6-8-13(9-7-12)20-10-14-16-18-19(3)17-14/h6-9,11,15H,4-5,10H2,1-3H3. The van der Waals surface area contributed by atoms with Gasteiger partial charge in [-0.3, -0.25) is 0 Å². The third kappa shape index (κ3) is 4.31. The molecule has 0 fully saturated rings. The number of hydrogen-bond donors (Lipinski definition) is 1. The van der Waals surface area contributed by atoms with Crippen LogP contribution in [0.4, 0.5) is 0 Å². The number of nitrogens with zero attached hydrogens (tertiary/aromatic N) is 4. The van der Waals surface area contributed by atoms with Crippen molar-refractivity contribution in [3.8, 4) is 5.75 Å². The largest absolute Gasteiger partial charge is 0.485 e. The lowest BCUT2D eigenvalue weighted by molar-refractivity contribution is 0.295. The first kappa shape index (κ1) is 14.5. The van der Waals surface area contributed by atoms with Crippen molar-refractivity contribution in [2.45, 2.75) is 32.4 Å². The van der Waals surface area contributed by atoms with Crippen molar-refractivity contribution in [3.63, 3.8) is 0 Å². The summed E-state index contributed by atoms with van der Waals surface area (Å²) in [5.41, 5.74) is 1.32. The molecule has 0 spiro atoms. The molecule has 0 amide bonds. The summed E-state index contributed by atoms with van der Waals surface area (Å²) in [5.74, 6) is 1.40. The molecule has 1 heterocycles. The van der Waals surface area contributed by atoms with E-state index in [1.807, 2.05) is 19.2 Å². The third-order valence-corrected chi connectivity index (χ3v) is 3.20. The summed E-state index contributed by atoms with van der Waals surface area (Å²) in [5, 5.41) is 14.9. The highest BCUT2D eigenvalue weighted by Gasteiger charge is 2.03. The van der Waals surface area contributed by atoms with E-state index in [1.54, 1.807) is 7.05 Å². The third-order valence-electron chi connectivity index (χ3n) is 3.20. The van der Waals surface area contributed by atoms with Crippen LogP contribution < -0.4 is 10.1 Å². The van der Waals surface area contributed by atoms with E-state index in [9.17, 15) is 0 Å². The van der Waals surface area contributed by atoms with Crippen LogP contribution in [0.1, 0.15) is 24.7 Å². The zero-order valence-electron chi connectivity index (χ0n) is 12.2. The van der Waals surface area contributed by atoms with Crippen LogP contribution in [0.2, 0.25) is 0 Å². The van der Waals surface area contributed by atoms with Crippen LogP contribution in [0, 0.1) is 0 Å². The van der Waals surface area contributed by atoms with Crippen molar-refractivity contribution in [2.24, 2.45) is 7.05 Å². The van der Waals surface area contributed by atoms with Crippen LogP contribution in [0.15, 0.2) is 24.3 Å². The molecule has 0 aliphatic carbocycles. The Bertz CT molecular complexity index is 523. The second-order valence-corrected chi connectivity index (χ2v) is 4.86. The SMILES string of the molecule is CNC(C)CCc1ccc(OCc2nnn(C)n2)cc1. The quantitative estimate of drug-likeness (QED) is 0.826. The van der Waals surface area contributed by atoms with Crippen molar-refractivity contribution in [2.75, 3.05) is 7.05 Å². The molecule has 6 heteroatoms. The minimum absolute atomic E-state index is 0.337. The van der Waals surface area contributed by atoms with E-state index in [0.29, 0.717) is 18.5 Å². The van der Waals surface area contributed by atoms with E-state index in [1.165, 1.54) is 10.4 Å². The van der Waals surface area contributed by atoms with E-state index in [0.717, 1.165) is 18.6 Å². The lowest BCUT2D eigenvalue weighted by Crippen LogP contribution is -2.21. The lowest BCUT2D eigenvalue weighted by atomic mass is 10.1. The van der Waals surface area contributed by atoms with Gasteiger partial charge in [0.25, 0.3) is 0 Å². The summed E-state index contributed by atoms with van der Waals surface area (Å²) < 4.78 is 5.62. The van der Waals surface area contributed by atoms with Gasteiger partial charge in [-0.05, 0) is 49.7 Å². The lowest BCUT2D eigenvalue weighted by Gasteiger charge is -2.10. The molecule has 0 saturated carbocycles. The molecule has 108 valence electrons. The molecule has 0 aliphatic heterocycles. The first-order chi connectivity index (χ1) is 9.67. The van der Waals surface area contributed by atoms with E-state index < -0.39 is 0 Å². The summed E-state index contributed by atoms with van der Waals surface area (Å²) >= 11 is 0. The van der Waals surface area contributed by atoms with E-state index in [2.05, 4.69) is 39.8 Å². The van der Waals surface area contributed by atoms with Crippen molar-refractivity contribution in [1.29, 1.82) is 0 Å². The van der Waals surface area contributed by atoms with Gasteiger partial charge in [0, 0.05) is 6.04 Å². The number of aromatic nitrogens is 4. The number of hydrogen-bond acceptors (Lipinski definition) is 5. The zero-order valence-corrected chi connectivity index (χ0v) is 12.2. The Hall–Kier alpha value is -1.95. The summed E-state index contributed by atoms with van der Waals surface area (Å²) in [6, 6.07) is 8.70. The maximum atomic E-state index is 5.62. The van der Waals surface area contributed by atoms with Crippen LogP contribution in [0.5, 0.6) is 5.75 Å². The summed E-state index contributed by atoms with van der Waals surface area (Å²) in [6.07, 6.45) is 2.19. The Morgan fingerprint density at radius 3 is 2.65 bits per heavy atom. The van der Waals surface area contributed by atoms with Crippen LogP contribution >= 0.6 is 0 Å². The van der Waals surface area contributed by atoms with Crippen molar-refractivity contribution in [1.82, 2.24) is 25.5 Å². The predicted molar refractivity (Wildman–Crippen MR) is 76.4 cm³/mol. The van der Waals surface area contributed by atoms with Gasteiger partial charge in [0.05, 0.1) is 7.05 Å². The number of aryl methyl sites for hydroxylation is 2. The Morgan fingerprint density at radius 1 is 1.30 bits per heavy atom. The molecule has 0 bridgehead atoms. The van der Waals surface area contributed by atoms with Crippen LogP contribution in [-0.4, -0.2) is 33.3 Å². The number of rotatable bonds is 7. The Labute approximate surface area is 119 Å². The predicted octanol–water partition coefficient (Wildman–Crippen LogP) is 1.33. The van der Waals surface area contributed by atoms with Gasteiger partial charge in [-0.25, -0.2) is 0 Å². The molecule has 0 saturated heterocycles. The average molecular weight is 275 g/mol. The average Bonchev–Trinajstić information content (AvgIpc) is 2.89. The smallest absolute Gasteiger partial charge is 0.212 e. The van der Waals surface area contributed by atoms with Crippen molar-refractivity contribution >= 4 is 0 Å². The normalized spacial score (nSPS) is 12.3. The molecule has 2 rings (SSSR count). The van der Waals surface area contributed by atoms with Gasteiger partial charge in [-0.2, -0.15) is 4.80 Å². The molecule has 1 atom stereocenters. The summed E-state index contributed by atoms with van der Waals surface area (Å²) in [6.45, 7) is 2.52. The maximum absolute atomic E-state index is 5.62. The van der Waals surface area contributed by atoms with Crippen LogP contribution in [0.3, 0.4) is 0 Å². The first-order valence-corrected chi connectivity index (χ1v) is 6.79. The molecule has 6 nitrogen and oxygen atoms in total. The van der Waals surface area contributed by atoms with Crippen LogP contribution in [0.25, 0.3) is 0 Å². The zero-order chi connectivity index (χ0) is 14.4. The van der Waals surface area contributed by atoms with Gasteiger partial charge in [-0.15, -0.1) is 10.2 Å². The molecule has 1 unspecified atom stereocenters. The highest BCUT2D eigenvalue weighted by atomic mass is 16.5. The van der Waals surface area contributed by atoms with Crippen LogP contribution in [-0.2, 0) is 20.1 Å². The molecule has 0 aliphatic rings. The fraction of sp³-hybridized carbons (Fsp3) is 0.500. The van der Waals surface area contributed by atoms with E-state index in [-0.39, 0.29) is 0 Å². The molecule has 1 aromatic heterocycles. The highest BCUT2D eigenvalue weighted by molar-refractivity contribution is 5.27. The van der Waals surface area contributed by atoms with E-state index >= 15 is 0 Å². The number of nitrogens with one attached hydrogen (secondary N) is 1. The Balaban J connectivity index is 1.82. The molecule has 0 radical (unpaired) electrons. The Morgan fingerprint density at radius 2 is 2.05 bits per heavy atom. The number of benzene rings is 1. The maximum Gasteiger partial charge on any atom is 0.212 e. The topological polar surface area (TPSA) is 64.9 Å². The molecule has 1 N–H and O–H groups in total. The molecule has 1 aromatic carbocycles. The molecular formula is C14H21N5O. The number of ether oxygens (including phenoxy) is 1. The highest BCUT2D eigenvalue weighted by Crippen LogP contribution is 2.14. The fourth-order valence-electron chi connectivity index (χ4n) is 1.81. The summed E-state index contributed by atoms with van der Waals surface area (Å²) in [4.78, 5) is 1.42. The van der Waals surface area contributed by atoms with Crippen molar-refractivity contribution in [3.05, 3.63) is 35.7 Å². The van der Waals surface area contributed by atoms with Gasteiger partial charge in [0.1, 0.15) is 5.75 Å². The second-order valence-electron chi connectivity index (χ2n) is 4.86. The molecule has 20 heavy (non-hydrogen) atoms. The molecule has 2 aromatic rings. The number of tetrazole rings is 1. The van der Waals surface area contributed by atoms with Crippen molar-refractivity contribution < 1.29 is 4.74 Å². The minimum atomic E-state index is 0.337. The summed E-state index contributed by atoms with van der Waals surface area (Å²) in [7, 11) is 3.72. The minimum Gasteiger partial charge on any atom is -0.485 e. The van der Waals surface area contributed by atoms with Gasteiger partial charge in [-0.1, -0.05) is 12.1 Å². The van der Waals surface area contributed by atoms with Gasteiger partial charge in [0.2, 0.25) is 5.82 Å². The van der Waals surface area contributed by atoms with Gasteiger partial charge in [0.15, 0.2) is 6.61 Å². The second kappa shape index (κ2) is 7.00. The van der Waals surface area contributed by atoms with E-state index in [4.69, 9.17) is 4.74 Å². The van der Waals surface area contributed by atoms with Gasteiger partial charge >= 0.3 is 0 Å². The first-order valence-electron chi connectivity index (χ1n) is 6.79. The monoisotopic (exact) mass is 275 g/mol.